The zero-order chi connectivity index (χ0) is 24.7. The Balaban J connectivity index is 2.22. The van der Waals surface area contributed by atoms with Gasteiger partial charge in [0.15, 0.2) is 0 Å². The van der Waals surface area contributed by atoms with Crippen molar-refractivity contribution in [2.75, 3.05) is 6.54 Å². The lowest BCUT2D eigenvalue weighted by atomic mass is 10.00. The number of amides is 3. The van der Waals surface area contributed by atoms with E-state index in [1.165, 1.54) is 11.2 Å². The Kier molecular flexibility index (Phi) is 9.39. The zero-order valence-corrected chi connectivity index (χ0v) is 19.7. The highest BCUT2D eigenvalue weighted by Gasteiger charge is 2.38. The second-order valence-electron chi connectivity index (χ2n) is 9.33. The number of imidazole rings is 1. The van der Waals surface area contributed by atoms with Gasteiger partial charge in [-0.05, 0) is 31.1 Å². The summed E-state index contributed by atoms with van der Waals surface area (Å²) in [5.74, 6) is -2.51. The number of carboxylic acid groups (broad SMARTS) is 1. The fraction of sp³-hybridized carbons (Fsp3) is 0.682. The number of rotatable bonds is 11. The average Bonchev–Trinajstić information content (AvgIpc) is 3.43. The van der Waals surface area contributed by atoms with Crippen molar-refractivity contribution >= 4 is 23.7 Å². The van der Waals surface area contributed by atoms with E-state index >= 15 is 0 Å². The van der Waals surface area contributed by atoms with Crippen LogP contribution in [0.1, 0.15) is 52.7 Å². The van der Waals surface area contributed by atoms with Crippen molar-refractivity contribution in [3.8, 4) is 0 Å². The first kappa shape index (κ1) is 26.3. The first-order valence-corrected chi connectivity index (χ1v) is 11.4. The fourth-order valence-corrected chi connectivity index (χ4v) is 3.85. The number of aromatic nitrogens is 2. The van der Waals surface area contributed by atoms with Crippen LogP contribution in [0.3, 0.4) is 0 Å². The highest BCUT2D eigenvalue weighted by Crippen LogP contribution is 2.19. The molecule has 4 atom stereocenters. The number of H-pyrrole nitrogens is 1. The lowest BCUT2D eigenvalue weighted by Gasteiger charge is -2.29. The van der Waals surface area contributed by atoms with E-state index in [0.29, 0.717) is 31.5 Å². The standard InChI is InChI=1S/C22H36N6O5/c1-12(2)8-15(26-20(30)18(23)13(3)4)19(29)27-16(9-14-10-24-11-25-14)21(31)28-7-5-6-17(28)22(32)33/h10-13,15-18H,5-9,23H2,1-4H3,(H,24,25)(H,26,30)(H,27,29)(H,32,33). The van der Waals surface area contributed by atoms with Crippen LogP contribution in [0.25, 0.3) is 0 Å². The van der Waals surface area contributed by atoms with Crippen molar-refractivity contribution in [2.45, 2.75) is 77.5 Å². The van der Waals surface area contributed by atoms with Gasteiger partial charge in [0, 0.05) is 24.9 Å². The molecule has 184 valence electrons. The summed E-state index contributed by atoms with van der Waals surface area (Å²) < 4.78 is 0. The van der Waals surface area contributed by atoms with Crippen molar-refractivity contribution in [1.29, 1.82) is 0 Å². The number of aromatic amines is 1. The second kappa shape index (κ2) is 11.8. The smallest absolute Gasteiger partial charge is 0.326 e. The lowest BCUT2D eigenvalue weighted by molar-refractivity contribution is -0.149. The number of nitrogens with two attached hydrogens (primary N) is 1. The fourth-order valence-electron chi connectivity index (χ4n) is 3.85. The predicted molar refractivity (Wildman–Crippen MR) is 121 cm³/mol. The Morgan fingerprint density at radius 1 is 1.18 bits per heavy atom. The van der Waals surface area contributed by atoms with Crippen molar-refractivity contribution in [1.82, 2.24) is 25.5 Å². The van der Waals surface area contributed by atoms with Gasteiger partial charge in [0.05, 0.1) is 12.4 Å². The number of carboxylic acids is 1. The molecule has 6 N–H and O–H groups in total. The minimum atomic E-state index is -1.07. The first-order valence-electron chi connectivity index (χ1n) is 11.4. The monoisotopic (exact) mass is 464 g/mol. The van der Waals surface area contributed by atoms with Crippen molar-refractivity contribution < 1.29 is 24.3 Å². The summed E-state index contributed by atoms with van der Waals surface area (Å²) in [6.45, 7) is 7.78. The van der Waals surface area contributed by atoms with Gasteiger partial charge in [-0.1, -0.05) is 27.7 Å². The van der Waals surface area contributed by atoms with Gasteiger partial charge >= 0.3 is 5.97 Å². The summed E-state index contributed by atoms with van der Waals surface area (Å²) in [6.07, 6.45) is 4.41. The van der Waals surface area contributed by atoms with E-state index in [4.69, 9.17) is 5.73 Å². The third-order valence-corrected chi connectivity index (χ3v) is 5.78. The van der Waals surface area contributed by atoms with Gasteiger partial charge in [0.2, 0.25) is 17.7 Å². The number of hydrogen-bond acceptors (Lipinski definition) is 6. The summed E-state index contributed by atoms with van der Waals surface area (Å²) >= 11 is 0. The minimum absolute atomic E-state index is 0.0908. The number of carbonyl (C=O) groups excluding carboxylic acids is 3. The van der Waals surface area contributed by atoms with Gasteiger partial charge in [0.1, 0.15) is 18.1 Å². The zero-order valence-electron chi connectivity index (χ0n) is 19.7. The van der Waals surface area contributed by atoms with E-state index in [0.717, 1.165) is 0 Å². The molecule has 2 rings (SSSR count). The number of aliphatic carboxylic acids is 1. The van der Waals surface area contributed by atoms with E-state index in [9.17, 15) is 24.3 Å². The van der Waals surface area contributed by atoms with Crippen LogP contribution >= 0.6 is 0 Å². The normalized spacial score (nSPS) is 18.8. The maximum Gasteiger partial charge on any atom is 0.326 e. The van der Waals surface area contributed by atoms with E-state index in [2.05, 4.69) is 20.6 Å². The summed E-state index contributed by atoms with van der Waals surface area (Å²) in [5, 5.41) is 14.9. The number of carbonyl (C=O) groups is 4. The van der Waals surface area contributed by atoms with Gasteiger partial charge in [0.25, 0.3) is 0 Å². The molecule has 0 radical (unpaired) electrons. The van der Waals surface area contributed by atoms with Crippen LogP contribution in [0, 0.1) is 11.8 Å². The molecule has 0 bridgehead atoms. The van der Waals surface area contributed by atoms with E-state index < -0.39 is 47.9 Å². The van der Waals surface area contributed by atoms with E-state index in [1.807, 2.05) is 27.7 Å². The molecule has 4 unspecified atom stereocenters. The summed E-state index contributed by atoms with van der Waals surface area (Å²) in [5.41, 5.74) is 6.55. The van der Waals surface area contributed by atoms with E-state index in [1.54, 1.807) is 6.20 Å². The lowest BCUT2D eigenvalue weighted by Crippen LogP contribution is -2.58. The van der Waals surface area contributed by atoms with Gasteiger partial charge in [-0.25, -0.2) is 9.78 Å². The molecule has 1 aliphatic rings. The molecule has 11 heteroatoms. The largest absolute Gasteiger partial charge is 0.480 e. The van der Waals surface area contributed by atoms with Crippen LogP contribution in [0.5, 0.6) is 0 Å². The Hall–Kier alpha value is -2.95. The van der Waals surface area contributed by atoms with Crippen LogP contribution in [-0.2, 0) is 25.6 Å². The molecule has 1 saturated heterocycles. The Morgan fingerprint density at radius 3 is 2.39 bits per heavy atom. The Bertz CT molecular complexity index is 825. The summed E-state index contributed by atoms with van der Waals surface area (Å²) in [6, 6.07) is -3.58. The number of hydrogen-bond donors (Lipinski definition) is 5. The van der Waals surface area contributed by atoms with Gasteiger partial charge < -0.3 is 31.4 Å². The molecule has 1 fully saturated rings. The predicted octanol–water partition coefficient (Wildman–Crippen LogP) is 0.0268. The van der Waals surface area contributed by atoms with Crippen LogP contribution in [0.4, 0.5) is 0 Å². The molecule has 2 heterocycles. The van der Waals surface area contributed by atoms with Crippen molar-refractivity contribution in [3.63, 3.8) is 0 Å². The third kappa shape index (κ3) is 7.28. The third-order valence-electron chi connectivity index (χ3n) is 5.78. The van der Waals surface area contributed by atoms with Crippen LogP contribution in [0.2, 0.25) is 0 Å². The second-order valence-corrected chi connectivity index (χ2v) is 9.33. The SMILES string of the molecule is CC(C)CC(NC(=O)C(N)C(C)C)C(=O)NC(Cc1cnc[nH]1)C(=O)N1CCCC1C(=O)O. The molecule has 33 heavy (non-hydrogen) atoms. The molecule has 1 aliphatic heterocycles. The molecule has 0 aliphatic carbocycles. The molecule has 1 aromatic heterocycles. The molecule has 1 aromatic rings. The van der Waals surface area contributed by atoms with Crippen LogP contribution < -0.4 is 16.4 Å². The van der Waals surface area contributed by atoms with Gasteiger partial charge in [-0.3, -0.25) is 14.4 Å². The highest BCUT2D eigenvalue weighted by atomic mass is 16.4. The molecular formula is C22H36N6O5. The summed E-state index contributed by atoms with van der Waals surface area (Å²) in [4.78, 5) is 58.8. The number of likely N-dealkylation sites (tertiary alicyclic amines) is 1. The highest BCUT2D eigenvalue weighted by molar-refractivity contribution is 5.94. The Morgan fingerprint density at radius 2 is 1.85 bits per heavy atom. The molecule has 0 saturated carbocycles. The molecule has 0 spiro atoms. The maximum absolute atomic E-state index is 13.3. The van der Waals surface area contributed by atoms with Gasteiger partial charge in [-0.15, -0.1) is 0 Å². The molecular weight excluding hydrogens is 428 g/mol. The average molecular weight is 465 g/mol. The Labute approximate surface area is 193 Å². The van der Waals surface area contributed by atoms with E-state index in [-0.39, 0.29) is 18.3 Å². The maximum atomic E-state index is 13.3. The van der Waals surface area contributed by atoms with Crippen LogP contribution in [-0.4, -0.2) is 74.4 Å². The van der Waals surface area contributed by atoms with Crippen molar-refractivity contribution in [2.24, 2.45) is 17.6 Å². The first-order chi connectivity index (χ1) is 15.5. The van der Waals surface area contributed by atoms with Gasteiger partial charge in [-0.2, -0.15) is 0 Å². The minimum Gasteiger partial charge on any atom is -0.480 e. The molecule has 11 nitrogen and oxygen atoms in total. The molecule has 3 amide bonds. The molecule has 0 aromatic carbocycles. The number of nitrogens with zero attached hydrogens (tertiary/aromatic N) is 2. The van der Waals surface area contributed by atoms with Crippen LogP contribution in [0.15, 0.2) is 12.5 Å². The van der Waals surface area contributed by atoms with Crippen molar-refractivity contribution in [3.05, 3.63) is 18.2 Å². The quantitative estimate of drug-likeness (QED) is 0.307. The summed E-state index contributed by atoms with van der Waals surface area (Å²) in [7, 11) is 0. The number of nitrogens with one attached hydrogen (secondary N) is 3. The topological polar surface area (TPSA) is 171 Å².